The molecule has 0 aromatic heterocycles. The van der Waals surface area contributed by atoms with E-state index in [-0.39, 0.29) is 11.3 Å². The van der Waals surface area contributed by atoms with Crippen LogP contribution in [0.2, 0.25) is 0 Å². The lowest BCUT2D eigenvalue weighted by Gasteiger charge is -2.25. The maximum atomic E-state index is 12.3. The Bertz CT molecular complexity index is 158. The van der Waals surface area contributed by atoms with Crippen molar-refractivity contribution in [1.29, 1.82) is 0 Å². The first-order chi connectivity index (χ1) is 5.45. The molecule has 0 amide bonds. The summed E-state index contributed by atoms with van der Waals surface area (Å²) in [7, 11) is -2.03. The highest BCUT2D eigenvalue weighted by atomic mass is 35.5. The predicted octanol–water partition coefficient (Wildman–Crippen LogP) is 2.91. The normalized spacial score (nSPS) is 12.9. The molecule has 74 valence electrons. The first kappa shape index (κ1) is 12.5. The Morgan fingerprint density at radius 3 is 1.92 bits per heavy atom. The topological polar surface area (TPSA) is 29.1 Å². The summed E-state index contributed by atoms with van der Waals surface area (Å²) < 4.78 is 12.3. The van der Waals surface area contributed by atoms with E-state index in [0.717, 1.165) is 0 Å². The minimum atomic E-state index is -2.03. The Hall–Kier alpha value is 0.480. The van der Waals surface area contributed by atoms with Gasteiger partial charge in [0.15, 0.2) is 0 Å². The molecular formula is C8H19ClNOP. The van der Waals surface area contributed by atoms with E-state index in [4.69, 9.17) is 11.8 Å². The number of nitrogens with one attached hydrogen (secondary N) is 1. The summed E-state index contributed by atoms with van der Waals surface area (Å²) in [5.41, 5.74) is 0.532. The molecule has 0 aromatic carbocycles. The SMILES string of the molecule is CC(C)P(=O)(CCNCl)C(C)C. The number of hydrogen-bond donors (Lipinski definition) is 1. The van der Waals surface area contributed by atoms with Gasteiger partial charge in [0, 0.05) is 24.0 Å². The third-order valence-corrected chi connectivity index (χ3v) is 6.91. The highest BCUT2D eigenvalue weighted by molar-refractivity contribution is 7.65. The molecule has 0 fully saturated rings. The van der Waals surface area contributed by atoms with E-state index in [2.05, 4.69) is 4.84 Å². The molecule has 1 N–H and O–H groups in total. The number of rotatable bonds is 5. The minimum Gasteiger partial charge on any atom is -0.323 e. The molecule has 0 spiro atoms. The Labute approximate surface area is 80.5 Å². The van der Waals surface area contributed by atoms with Crippen molar-refractivity contribution in [2.24, 2.45) is 0 Å². The van der Waals surface area contributed by atoms with E-state index in [1.807, 2.05) is 27.7 Å². The molecule has 0 atom stereocenters. The Kier molecular flexibility index (Phi) is 5.47. The summed E-state index contributed by atoms with van der Waals surface area (Å²) in [6.45, 7) is 8.73. The highest BCUT2D eigenvalue weighted by Crippen LogP contribution is 2.54. The summed E-state index contributed by atoms with van der Waals surface area (Å²) >= 11 is 5.35. The van der Waals surface area contributed by atoms with E-state index in [9.17, 15) is 4.57 Å². The van der Waals surface area contributed by atoms with Gasteiger partial charge < -0.3 is 4.57 Å². The summed E-state index contributed by atoms with van der Waals surface area (Å²) in [6, 6.07) is 0. The van der Waals surface area contributed by atoms with Gasteiger partial charge in [-0.3, -0.25) is 0 Å². The van der Waals surface area contributed by atoms with Crippen molar-refractivity contribution in [3.05, 3.63) is 0 Å². The zero-order chi connectivity index (χ0) is 9.78. The molecule has 0 aromatic rings. The second-order valence-electron chi connectivity index (χ2n) is 3.65. The van der Waals surface area contributed by atoms with Crippen LogP contribution in [0.25, 0.3) is 0 Å². The molecule has 0 bridgehead atoms. The van der Waals surface area contributed by atoms with Gasteiger partial charge in [-0.1, -0.05) is 27.7 Å². The molecule has 0 heterocycles. The number of hydrogen-bond acceptors (Lipinski definition) is 2. The van der Waals surface area contributed by atoms with Crippen molar-refractivity contribution >= 4 is 18.9 Å². The Morgan fingerprint density at radius 2 is 1.67 bits per heavy atom. The van der Waals surface area contributed by atoms with Crippen LogP contribution in [0.1, 0.15) is 27.7 Å². The lowest BCUT2D eigenvalue weighted by atomic mass is 10.5. The van der Waals surface area contributed by atoms with Gasteiger partial charge in [-0.2, -0.15) is 0 Å². The van der Waals surface area contributed by atoms with Gasteiger partial charge in [0.1, 0.15) is 0 Å². The van der Waals surface area contributed by atoms with Gasteiger partial charge in [0.05, 0.1) is 7.14 Å². The standard InChI is InChI=1S/C8H19ClNOP/c1-7(2)12(11,8(3)4)6-5-10-9/h7-8,10H,5-6H2,1-4H3. The van der Waals surface area contributed by atoms with Gasteiger partial charge >= 0.3 is 0 Å². The quantitative estimate of drug-likeness (QED) is 0.560. The molecule has 2 nitrogen and oxygen atoms in total. The number of halogens is 1. The van der Waals surface area contributed by atoms with Crippen molar-refractivity contribution in [2.75, 3.05) is 12.7 Å². The molecule has 0 saturated carbocycles. The second-order valence-corrected chi connectivity index (χ2v) is 8.14. The van der Waals surface area contributed by atoms with Crippen LogP contribution in [-0.2, 0) is 4.57 Å². The smallest absolute Gasteiger partial charge is 0.0937 e. The van der Waals surface area contributed by atoms with Crippen LogP contribution in [0.15, 0.2) is 0 Å². The minimum absolute atomic E-state index is 0.266. The first-order valence-corrected chi connectivity index (χ1v) is 6.78. The summed E-state index contributed by atoms with van der Waals surface area (Å²) in [5.74, 6) is 0. The van der Waals surface area contributed by atoms with Gasteiger partial charge in [0.25, 0.3) is 0 Å². The van der Waals surface area contributed by atoms with E-state index in [1.165, 1.54) is 0 Å². The predicted molar refractivity (Wildman–Crippen MR) is 56.6 cm³/mol. The van der Waals surface area contributed by atoms with Crippen LogP contribution in [0.4, 0.5) is 0 Å². The highest BCUT2D eigenvalue weighted by Gasteiger charge is 2.29. The first-order valence-electron chi connectivity index (χ1n) is 4.37. The van der Waals surface area contributed by atoms with E-state index in [1.54, 1.807) is 0 Å². The van der Waals surface area contributed by atoms with E-state index < -0.39 is 7.14 Å². The summed E-state index contributed by atoms with van der Waals surface area (Å²) in [5, 5.41) is 0. The molecule has 0 radical (unpaired) electrons. The average molecular weight is 212 g/mol. The largest absolute Gasteiger partial charge is 0.323 e. The third-order valence-electron chi connectivity index (χ3n) is 2.30. The Balaban J connectivity index is 4.31. The van der Waals surface area contributed by atoms with Crippen LogP contribution < -0.4 is 4.84 Å². The Morgan fingerprint density at radius 1 is 1.25 bits per heavy atom. The molecule has 0 rings (SSSR count). The van der Waals surface area contributed by atoms with Crippen molar-refractivity contribution < 1.29 is 4.57 Å². The van der Waals surface area contributed by atoms with E-state index >= 15 is 0 Å². The fourth-order valence-corrected chi connectivity index (χ4v) is 4.24. The summed E-state index contributed by atoms with van der Waals surface area (Å²) in [6.07, 6.45) is 0.700. The monoisotopic (exact) mass is 211 g/mol. The van der Waals surface area contributed by atoms with Crippen LogP contribution in [0.3, 0.4) is 0 Å². The van der Waals surface area contributed by atoms with Crippen LogP contribution in [0.5, 0.6) is 0 Å². The molecule has 4 heteroatoms. The fraction of sp³-hybridized carbons (Fsp3) is 1.00. The zero-order valence-corrected chi connectivity index (χ0v) is 9.95. The molecule has 0 aliphatic carbocycles. The lowest BCUT2D eigenvalue weighted by Crippen LogP contribution is -2.17. The molecule has 0 aliphatic heterocycles. The molecular weight excluding hydrogens is 193 g/mol. The maximum absolute atomic E-state index is 12.3. The van der Waals surface area contributed by atoms with Crippen molar-refractivity contribution in [3.8, 4) is 0 Å². The average Bonchev–Trinajstić information content (AvgIpc) is 1.99. The van der Waals surface area contributed by atoms with Gasteiger partial charge in [0.2, 0.25) is 0 Å². The maximum Gasteiger partial charge on any atom is 0.0937 e. The fourth-order valence-electron chi connectivity index (χ4n) is 1.33. The van der Waals surface area contributed by atoms with Gasteiger partial charge in [-0.15, -0.1) is 0 Å². The van der Waals surface area contributed by atoms with E-state index in [0.29, 0.717) is 12.7 Å². The third kappa shape index (κ3) is 3.08. The van der Waals surface area contributed by atoms with Crippen LogP contribution >= 0.6 is 18.9 Å². The summed E-state index contributed by atoms with van der Waals surface area (Å²) in [4.78, 5) is 2.53. The van der Waals surface area contributed by atoms with Gasteiger partial charge in [-0.05, 0) is 11.8 Å². The molecule has 0 aliphatic rings. The molecule has 0 saturated heterocycles. The van der Waals surface area contributed by atoms with Gasteiger partial charge in [-0.25, -0.2) is 4.84 Å². The molecule has 0 unspecified atom stereocenters. The van der Waals surface area contributed by atoms with Crippen molar-refractivity contribution in [2.45, 2.75) is 39.0 Å². The zero-order valence-electron chi connectivity index (χ0n) is 8.30. The van der Waals surface area contributed by atoms with Crippen LogP contribution in [-0.4, -0.2) is 24.0 Å². The van der Waals surface area contributed by atoms with Crippen LogP contribution in [0, 0.1) is 0 Å². The second kappa shape index (κ2) is 5.26. The lowest BCUT2D eigenvalue weighted by molar-refractivity contribution is 0.560. The molecule has 12 heavy (non-hydrogen) atoms. The van der Waals surface area contributed by atoms with Crippen molar-refractivity contribution in [3.63, 3.8) is 0 Å². The van der Waals surface area contributed by atoms with Crippen molar-refractivity contribution in [1.82, 2.24) is 4.84 Å².